The van der Waals surface area contributed by atoms with E-state index in [0.717, 1.165) is 31.8 Å². The fourth-order valence-corrected chi connectivity index (χ4v) is 3.69. The van der Waals surface area contributed by atoms with Gasteiger partial charge in [0.15, 0.2) is 11.6 Å². The zero-order valence-electron chi connectivity index (χ0n) is 19.6. The maximum absolute atomic E-state index is 14.7. The largest absolute Gasteiger partial charge is 0.494 e. The van der Waals surface area contributed by atoms with Crippen LogP contribution in [0, 0.1) is 17.6 Å². The topological polar surface area (TPSA) is 18.5 Å². The third-order valence-corrected chi connectivity index (χ3v) is 5.76. The Kier molecular flexibility index (Phi) is 9.83. The normalized spacial score (nSPS) is 18.8. The summed E-state index contributed by atoms with van der Waals surface area (Å²) < 4.78 is 53.9. The molecule has 2 nitrogen and oxygen atoms in total. The van der Waals surface area contributed by atoms with Crippen LogP contribution in [0.4, 0.5) is 13.2 Å². The maximum Gasteiger partial charge on any atom is 0.200 e. The summed E-state index contributed by atoms with van der Waals surface area (Å²) in [6.07, 6.45) is 7.99. The van der Waals surface area contributed by atoms with Crippen molar-refractivity contribution in [2.45, 2.75) is 45.4 Å². The van der Waals surface area contributed by atoms with Gasteiger partial charge in [-0.2, -0.15) is 4.39 Å². The first-order chi connectivity index (χ1) is 15.6. The van der Waals surface area contributed by atoms with Crippen LogP contribution in [-0.4, -0.2) is 13.2 Å². The van der Waals surface area contributed by atoms with Crippen LogP contribution in [0.25, 0.3) is 0 Å². The van der Waals surface area contributed by atoms with Gasteiger partial charge in [0.05, 0.1) is 6.61 Å². The van der Waals surface area contributed by atoms with Crippen molar-refractivity contribution in [1.29, 1.82) is 0 Å². The van der Waals surface area contributed by atoms with Gasteiger partial charge in [-0.15, -0.1) is 0 Å². The third kappa shape index (κ3) is 7.55. The van der Waals surface area contributed by atoms with Crippen LogP contribution in [0.1, 0.15) is 51.0 Å². The van der Waals surface area contributed by atoms with Crippen molar-refractivity contribution in [3.8, 4) is 5.75 Å². The van der Waals surface area contributed by atoms with Gasteiger partial charge in [0.2, 0.25) is 5.82 Å². The molecule has 0 atom stereocenters. The molecule has 1 saturated carbocycles. The van der Waals surface area contributed by atoms with Crippen LogP contribution < -0.4 is 4.74 Å². The lowest BCUT2D eigenvalue weighted by atomic mass is 9.79. The number of halogens is 3. The minimum Gasteiger partial charge on any atom is -0.494 e. The summed E-state index contributed by atoms with van der Waals surface area (Å²) in [5.74, 6) is -1.75. The Labute approximate surface area is 195 Å². The van der Waals surface area contributed by atoms with Gasteiger partial charge in [-0.1, -0.05) is 64.3 Å². The van der Waals surface area contributed by atoms with Crippen LogP contribution in [0.2, 0.25) is 0 Å². The summed E-state index contributed by atoms with van der Waals surface area (Å²) in [5.41, 5.74) is 1.28. The van der Waals surface area contributed by atoms with Crippen molar-refractivity contribution in [2.24, 2.45) is 5.92 Å². The molecule has 0 bridgehead atoms. The first kappa shape index (κ1) is 26.3. The molecule has 0 heterocycles. The van der Waals surface area contributed by atoms with Gasteiger partial charge in [0, 0.05) is 11.6 Å². The lowest BCUT2D eigenvalue weighted by molar-refractivity contribution is 0.243. The minimum absolute atomic E-state index is 0.0434. The molecule has 1 aliphatic carbocycles. The van der Waals surface area contributed by atoms with Gasteiger partial charge < -0.3 is 9.47 Å². The molecule has 1 fully saturated rings. The second-order valence-electron chi connectivity index (χ2n) is 8.41. The number of rotatable bonds is 11. The second-order valence-corrected chi connectivity index (χ2v) is 8.41. The average molecular weight is 459 g/mol. The summed E-state index contributed by atoms with van der Waals surface area (Å²) >= 11 is 0. The Hall–Kier alpha value is -2.95. The summed E-state index contributed by atoms with van der Waals surface area (Å²) in [7, 11) is 0. The molecule has 33 heavy (non-hydrogen) atoms. The lowest BCUT2D eigenvalue weighted by Crippen LogP contribution is -2.13. The smallest absolute Gasteiger partial charge is 0.200 e. The number of ether oxygens (including phenoxy) is 2. The summed E-state index contributed by atoms with van der Waals surface area (Å²) in [6.45, 7) is 19.1. The van der Waals surface area contributed by atoms with E-state index < -0.39 is 17.5 Å². The van der Waals surface area contributed by atoms with Crippen molar-refractivity contribution in [2.75, 3.05) is 13.2 Å². The van der Waals surface area contributed by atoms with Crippen LogP contribution >= 0.6 is 0 Å². The molecule has 0 amide bonds. The Bertz CT molecular complexity index is 964. The Morgan fingerprint density at radius 3 is 2.33 bits per heavy atom. The quantitative estimate of drug-likeness (QED) is 0.245. The van der Waals surface area contributed by atoms with Crippen molar-refractivity contribution in [3.63, 3.8) is 0 Å². The third-order valence-electron chi connectivity index (χ3n) is 5.76. The van der Waals surface area contributed by atoms with Crippen LogP contribution in [0.5, 0.6) is 5.75 Å². The Morgan fingerprint density at radius 1 is 1.03 bits per heavy atom. The molecule has 0 aromatic heterocycles. The first-order valence-electron chi connectivity index (χ1n) is 11.2. The molecule has 0 N–H and O–H groups in total. The Morgan fingerprint density at radius 2 is 1.70 bits per heavy atom. The van der Waals surface area contributed by atoms with E-state index >= 15 is 0 Å². The van der Waals surface area contributed by atoms with E-state index in [1.165, 1.54) is 12.1 Å². The van der Waals surface area contributed by atoms with Gasteiger partial charge in [-0.3, -0.25) is 0 Å². The van der Waals surface area contributed by atoms with Gasteiger partial charge in [0.1, 0.15) is 18.2 Å². The second kappa shape index (κ2) is 12.3. The standard InChI is InChI=1S/C28H33F3O2/c1-7-32-21(5)16-25(29)22(6)20(4)11-8-19(3)17-33-26-15-14-24(27(30)28(26)31)23-12-9-18(2)10-13-23/h8,11,14-16,18,23H,3-7,9-10,12-13,17H2,1-2H3/b11-8-,25-16+. The molecule has 0 radical (unpaired) electrons. The molecular formula is C28H33F3O2. The van der Waals surface area contributed by atoms with Crippen molar-refractivity contribution in [1.82, 2.24) is 0 Å². The van der Waals surface area contributed by atoms with E-state index in [4.69, 9.17) is 9.47 Å². The van der Waals surface area contributed by atoms with E-state index in [1.807, 2.05) is 0 Å². The highest BCUT2D eigenvalue weighted by Gasteiger charge is 2.25. The highest BCUT2D eigenvalue weighted by Crippen LogP contribution is 2.38. The van der Waals surface area contributed by atoms with E-state index in [9.17, 15) is 13.2 Å². The van der Waals surface area contributed by atoms with Crippen LogP contribution in [-0.2, 0) is 4.74 Å². The number of benzene rings is 1. The molecule has 2 rings (SSSR count). The van der Waals surface area contributed by atoms with Crippen molar-refractivity contribution >= 4 is 0 Å². The first-order valence-corrected chi connectivity index (χ1v) is 11.2. The van der Waals surface area contributed by atoms with Crippen molar-refractivity contribution < 1.29 is 22.6 Å². The molecule has 0 aliphatic heterocycles. The van der Waals surface area contributed by atoms with Crippen molar-refractivity contribution in [3.05, 3.63) is 102 Å². The lowest BCUT2D eigenvalue weighted by Gasteiger charge is -2.27. The van der Waals surface area contributed by atoms with E-state index in [2.05, 4.69) is 33.2 Å². The molecule has 178 valence electrons. The maximum atomic E-state index is 14.7. The number of hydrogen-bond donors (Lipinski definition) is 0. The summed E-state index contributed by atoms with van der Waals surface area (Å²) in [6, 6.07) is 3.08. The van der Waals surface area contributed by atoms with E-state index in [0.29, 0.717) is 29.2 Å². The zero-order chi connectivity index (χ0) is 24.5. The predicted molar refractivity (Wildman–Crippen MR) is 129 cm³/mol. The van der Waals surface area contributed by atoms with E-state index in [1.54, 1.807) is 19.1 Å². The summed E-state index contributed by atoms with van der Waals surface area (Å²) in [5, 5.41) is 0. The molecular weight excluding hydrogens is 425 g/mol. The average Bonchev–Trinajstić information content (AvgIpc) is 2.78. The molecule has 5 heteroatoms. The molecule has 0 unspecified atom stereocenters. The number of hydrogen-bond acceptors (Lipinski definition) is 2. The molecule has 1 aromatic rings. The van der Waals surface area contributed by atoms with Crippen LogP contribution in [0.15, 0.2) is 85.0 Å². The zero-order valence-corrected chi connectivity index (χ0v) is 19.6. The van der Waals surface area contributed by atoms with Gasteiger partial charge >= 0.3 is 0 Å². The fourth-order valence-electron chi connectivity index (χ4n) is 3.69. The highest BCUT2D eigenvalue weighted by atomic mass is 19.2. The van der Waals surface area contributed by atoms with Gasteiger partial charge in [-0.25, -0.2) is 8.78 Å². The molecule has 1 aliphatic rings. The summed E-state index contributed by atoms with van der Waals surface area (Å²) in [4.78, 5) is 0. The Balaban J connectivity index is 1.94. The minimum atomic E-state index is -0.984. The fraction of sp³-hybridized carbons (Fsp3) is 0.357. The van der Waals surface area contributed by atoms with E-state index in [-0.39, 0.29) is 29.6 Å². The van der Waals surface area contributed by atoms with Crippen LogP contribution in [0.3, 0.4) is 0 Å². The molecule has 0 saturated heterocycles. The van der Waals surface area contributed by atoms with Gasteiger partial charge in [0.25, 0.3) is 0 Å². The highest BCUT2D eigenvalue weighted by molar-refractivity contribution is 5.48. The molecule has 0 spiro atoms. The number of allylic oxidation sites excluding steroid dienone is 5. The van der Waals surface area contributed by atoms with Gasteiger partial charge in [-0.05, 0) is 54.4 Å². The predicted octanol–water partition coefficient (Wildman–Crippen LogP) is 8.27. The monoisotopic (exact) mass is 458 g/mol. The molecule has 1 aromatic carbocycles. The SMILES string of the molecule is C=C(/C=C\C(=C)C(=C)/C(F)=C\C(=C)OCC)COc1ccc(C2CCC(C)CC2)c(F)c1F.